The van der Waals surface area contributed by atoms with Crippen LogP contribution in [-0.4, -0.2) is 23.4 Å². The molecule has 0 unspecified atom stereocenters. The number of phenols is 1. The SMILES string of the molecule is COc1ccc(Oc2cc3c(cc2O)CC[C@@H]2[C@@H]3CC[C@]3(C)[C@H](O)CC[C@@H]23)cc1. The Bertz CT molecular complexity index is 906. The van der Waals surface area contributed by atoms with E-state index in [1.165, 1.54) is 11.1 Å². The van der Waals surface area contributed by atoms with Crippen LogP contribution in [0, 0.1) is 17.3 Å². The predicted octanol–water partition coefficient (Wildman–Crippen LogP) is 5.41. The van der Waals surface area contributed by atoms with Gasteiger partial charge in [0.15, 0.2) is 11.5 Å². The molecule has 154 valence electrons. The number of phenolic OH excluding ortho intramolecular Hbond substituents is 1. The number of rotatable bonds is 3. The lowest BCUT2D eigenvalue weighted by Gasteiger charge is -2.50. The van der Waals surface area contributed by atoms with E-state index in [0.717, 1.165) is 44.3 Å². The molecule has 2 aromatic rings. The molecule has 0 saturated heterocycles. The van der Waals surface area contributed by atoms with E-state index in [9.17, 15) is 10.2 Å². The van der Waals surface area contributed by atoms with Gasteiger partial charge in [-0.3, -0.25) is 0 Å². The van der Waals surface area contributed by atoms with Crippen LogP contribution in [0.2, 0.25) is 0 Å². The van der Waals surface area contributed by atoms with Crippen LogP contribution in [-0.2, 0) is 6.42 Å². The topological polar surface area (TPSA) is 58.9 Å². The molecule has 0 radical (unpaired) electrons. The molecule has 0 bridgehead atoms. The number of ether oxygens (including phenoxy) is 2. The quantitative estimate of drug-likeness (QED) is 0.731. The Kier molecular flexibility index (Phi) is 4.50. The first kappa shape index (κ1) is 18.8. The molecule has 0 aromatic heterocycles. The minimum absolute atomic E-state index is 0.0814. The number of aliphatic hydroxyl groups is 1. The van der Waals surface area contributed by atoms with E-state index in [2.05, 4.69) is 13.0 Å². The largest absolute Gasteiger partial charge is 0.504 e. The lowest BCUT2D eigenvalue weighted by Crippen LogP contribution is -2.43. The summed E-state index contributed by atoms with van der Waals surface area (Å²) in [6.07, 6.45) is 6.27. The van der Waals surface area contributed by atoms with Crippen molar-refractivity contribution in [3.63, 3.8) is 0 Å². The number of hydrogen-bond acceptors (Lipinski definition) is 4. The molecule has 0 amide bonds. The highest BCUT2D eigenvalue weighted by molar-refractivity contribution is 5.51. The highest BCUT2D eigenvalue weighted by atomic mass is 16.5. The van der Waals surface area contributed by atoms with E-state index in [1.807, 2.05) is 30.3 Å². The summed E-state index contributed by atoms with van der Waals surface area (Å²) in [5.41, 5.74) is 2.68. The second-order valence-corrected chi connectivity index (χ2v) is 9.35. The van der Waals surface area contributed by atoms with Gasteiger partial charge in [0.1, 0.15) is 11.5 Å². The number of fused-ring (bicyclic) bond motifs is 5. The van der Waals surface area contributed by atoms with E-state index >= 15 is 0 Å². The Morgan fingerprint density at radius 2 is 1.76 bits per heavy atom. The molecule has 5 atom stereocenters. The molecule has 0 aliphatic heterocycles. The molecule has 3 aliphatic rings. The molecule has 0 heterocycles. The van der Waals surface area contributed by atoms with Crippen molar-refractivity contribution in [2.24, 2.45) is 17.3 Å². The van der Waals surface area contributed by atoms with Crippen LogP contribution in [0.3, 0.4) is 0 Å². The maximum atomic E-state index is 10.6. The summed E-state index contributed by atoms with van der Waals surface area (Å²) in [4.78, 5) is 0. The van der Waals surface area contributed by atoms with Crippen LogP contribution in [0.1, 0.15) is 56.1 Å². The van der Waals surface area contributed by atoms with Crippen LogP contribution in [0.25, 0.3) is 0 Å². The van der Waals surface area contributed by atoms with E-state index < -0.39 is 0 Å². The molecule has 4 nitrogen and oxygen atoms in total. The minimum Gasteiger partial charge on any atom is -0.504 e. The summed E-state index contributed by atoms with van der Waals surface area (Å²) in [7, 11) is 1.64. The molecular formula is C25H30O4. The van der Waals surface area contributed by atoms with Crippen molar-refractivity contribution >= 4 is 0 Å². The first-order valence-corrected chi connectivity index (χ1v) is 10.9. The Morgan fingerprint density at radius 1 is 1.00 bits per heavy atom. The van der Waals surface area contributed by atoms with E-state index in [1.54, 1.807) is 7.11 Å². The molecule has 4 heteroatoms. The van der Waals surface area contributed by atoms with Crippen molar-refractivity contribution in [2.45, 2.75) is 57.5 Å². The second kappa shape index (κ2) is 6.94. The fourth-order valence-corrected chi connectivity index (χ4v) is 6.41. The smallest absolute Gasteiger partial charge is 0.169 e. The number of hydrogen-bond donors (Lipinski definition) is 2. The van der Waals surface area contributed by atoms with Gasteiger partial charge in [-0.05, 0) is 109 Å². The summed E-state index contributed by atoms with van der Waals surface area (Å²) < 4.78 is 11.2. The number of benzene rings is 2. The highest BCUT2D eigenvalue weighted by Gasteiger charge is 2.54. The average molecular weight is 395 g/mol. The Balaban J connectivity index is 1.45. The lowest BCUT2D eigenvalue weighted by atomic mass is 9.55. The van der Waals surface area contributed by atoms with Crippen LogP contribution >= 0.6 is 0 Å². The Hall–Kier alpha value is -2.20. The van der Waals surface area contributed by atoms with E-state index in [0.29, 0.717) is 29.3 Å². The summed E-state index contributed by atoms with van der Waals surface area (Å²) in [6.45, 7) is 2.30. The Labute approximate surface area is 172 Å². The lowest BCUT2D eigenvalue weighted by molar-refractivity contribution is -0.0226. The van der Waals surface area contributed by atoms with Crippen LogP contribution in [0.15, 0.2) is 36.4 Å². The number of aryl methyl sites for hydroxylation is 1. The van der Waals surface area contributed by atoms with Gasteiger partial charge in [-0.1, -0.05) is 6.92 Å². The minimum atomic E-state index is -0.149. The molecule has 2 N–H and O–H groups in total. The number of methoxy groups -OCH3 is 1. The van der Waals surface area contributed by atoms with Gasteiger partial charge < -0.3 is 19.7 Å². The van der Waals surface area contributed by atoms with Gasteiger partial charge in [-0.15, -0.1) is 0 Å². The predicted molar refractivity (Wildman–Crippen MR) is 112 cm³/mol. The number of aliphatic hydroxyl groups excluding tert-OH is 1. The maximum absolute atomic E-state index is 10.6. The van der Waals surface area contributed by atoms with Gasteiger partial charge in [-0.2, -0.15) is 0 Å². The van der Waals surface area contributed by atoms with Crippen molar-refractivity contribution < 1.29 is 19.7 Å². The van der Waals surface area contributed by atoms with Crippen LogP contribution in [0.5, 0.6) is 23.0 Å². The molecule has 29 heavy (non-hydrogen) atoms. The van der Waals surface area contributed by atoms with E-state index in [-0.39, 0.29) is 17.3 Å². The third-order valence-electron chi connectivity index (χ3n) is 8.04. The Morgan fingerprint density at radius 3 is 2.52 bits per heavy atom. The fraction of sp³-hybridized carbons (Fsp3) is 0.520. The number of aromatic hydroxyl groups is 1. The van der Waals surface area contributed by atoms with Gasteiger partial charge in [0.25, 0.3) is 0 Å². The molecule has 0 spiro atoms. The van der Waals surface area contributed by atoms with E-state index in [4.69, 9.17) is 9.47 Å². The molecule has 5 rings (SSSR count). The first-order valence-electron chi connectivity index (χ1n) is 10.9. The molecule has 2 fully saturated rings. The zero-order valence-corrected chi connectivity index (χ0v) is 17.2. The average Bonchev–Trinajstić information content (AvgIpc) is 3.04. The molecule has 2 saturated carbocycles. The highest BCUT2D eigenvalue weighted by Crippen LogP contribution is 2.61. The van der Waals surface area contributed by atoms with Crippen LogP contribution < -0.4 is 9.47 Å². The maximum Gasteiger partial charge on any atom is 0.169 e. The third-order valence-corrected chi connectivity index (χ3v) is 8.04. The monoisotopic (exact) mass is 394 g/mol. The van der Waals surface area contributed by atoms with Crippen molar-refractivity contribution in [3.05, 3.63) is 47.5 Å². The van der Waals surface area contributed by atoms with Gasteiger partial charge in [0.2, 0.25) is 0 Å². The normalized spacial score (nSPS) is 32.8. The molecule has 3 aliphatic carbocycles. The van der Waals surface area contributed by atoms with Gasteiger partial charge in [0, 0.05) is 0 Å². The van der Waals surface area contributed by atoms with Gasteiger partial charge in [0.05, 0.1) is 13.2 Å². The van der Waals surface area contributed by atoms with Crippen molar-refractivity contribution in [1.29, 1.82) is 0 Å². The van der Waals surface area contributed by atoms with Crippen molar-refractivity contribution in [2.75, 3.05) is 7.11 Å². The molecular weight excluding hydrogens is 364 g/mol. The summed E-state index contributed by atoms with van der Waals surface area (Å²) in [6, 6.07) is 11.4. The van der Waals surface area contributed by atoms with Gasteiger partial charge in [-0.25, -0.2) is 0 Å². The summed E-state index contributed by atoms with van der Waals surface area (Å²) >= 11 is 0. The summed E-state index contributed by atoms with van der Waals surface area (Å²) in [5.74, 6) is 3.91. The zero-order valence-electron chi connectivity index (χ0n) is 17.2. The second-order valence-electron chi connectivity index (χ2n) is 9.35. The summed E-state index contributed by atoms with van der Waals surface area (Å²) in [5, 5.41) is 21.2. The van der Waals surface area contributed by atoms with Crippen molar-refractivity contribution in [3.8, 4) is 23.0 Å². The van der Waals surface area contributed by atoms with Crippen molar-refractivity contribution in [1.82, 2.24) is 0 Å². The third kappa shape index (κ3) is 3.00. The van der Waals surface area contributed by atoms with Crippen LogP contribution in [0.4, 0.5) is 0 Å². The first-order chi connectivity index (χ1) is 14.0. The fourth-order valence-electron chi connectivity index (χ4n) is 6.41. The molecule has 2 aromatic carbocycles. The zero-order chi connectivity index (χ0) is 20.2. The van der Waals surface area contributed by atoms with Gasteiger partial charge >= 0.3 is 0 Å². The standard InChI is InChI=1S/C25H30O4/c1-25-12-11-18-19(21(25)9-10-24(25)27)8-3-15-13-22(26)23(14-20(15)18)29-17-6-4-16(28-2)5-7-17/h4-7,13-14,18-19,21,24,26-27H,3,8-12H2,1-2H3/t18-,19+,21-,24+,25-/m0/s1.